The van der Waals surface area contributed by atoms with Crippen LogP contribution in [-0.4, -0.2) is 51.3 Å². The van der Waals surface area contributed by atoms with Crippen LogP contribution >= 0.6 is 12.6 Å². The van der Waals surface area contributed by atoms with Crippen molar-refractivity contribution in [3.63, 3.8) is 0 Å². The molecule has 0 heterocycles. The summed E-state index contributed by atoms with van der Waals surface area (Å²) in [5.74, 6) is -0.168. The third kappa shape index (κ3) is 7.14. The lowest BCUT2D eigenvalue weighted by Crippen LogP contribution is -2.34. The second kappa shape index (κ2) is 9.26. The minimum Gasteiger partial charge on any atom is -0.462 e. The predicted molar refractivity (Wildman–Crippen MR) is 55.5 cm³/mol. The molecule has 0 aliphatic carbocycles. The summed E-state index contributed by atoms with van der Waals surface area (Å²) < 4.78 is 14.6. The molecule has 1 atom stereocenters. The van der Waals surface area contributed by atoms with Crippen LogP contribution in [0.15, 0.2) is 0 Å². The van der Waals surface area contributed by atoms with Gasteiger partial charge in [-0.05, 0) is 0 Å². The maximum absolute atomic E-state index is 11.0. The van der Waals surface area contributed by atoms with Gasteiger partial charge in [-0.15, -0.1) is 0 Å². The number of carbonyl (C=O) groups excluding carboxylic acids is 1. The van der Waals surface area contributed by atoms with Crippen molar-refractivity contribution < 1.29 is 19.0 Å². The summed E-state index contributed by atoms with van der Waals surface area (Å²) in [6, 6.07) is -0.655. The Kier molecular flexibility index (Phi) is 9.06. The molecule has 0 radical (unpaired) electrons. The normalized spacial score (nSPS) is 12.5. The Labute approximate surface area is 89.3 Å². The van der Waals surface area contributed by atoms with Gasteiger partial charge >= 0.3 is 5.97 Å². The van der Waals surface area contributed by atoms with Crippen molar-refractivity contribution in [2.24, 2.45) is 5.73 Å². The molecule has 14 heavy (non-hydrogen) atoms. The zero-order chi connectivity index (χ0) is 10.8. The standard InChI is InChI=1S/C8H17NO4S/c1-11-2-3-12-4-5-13-8(10)7(9)6-14/h7,14H,2-6,9H2,1H3/t7-/m0/s1. The van der Waals surface area contributed by atoms with Crippen LogP contribution < -0.4 is 5.73 Å². The first-order chi connectivity index (χ1) is 6.72. The Balaban J connectivity index is 3.23. The van der Waals surface area contributed by atoms with Crippen molar-refractivity contribution in [3.8, 4) is 0 Å². The molecule has 6 heteroatoms. The van der Waals surface area contributed by atoms with Crippen LogP contribution in [-0.2, 0) is 19.0 Å². The summed E-state index contributed by atoms with van der Waals surface area (Å²) in [6.45, 7) is 1.59. The molecule has 0 rings (SSSR count). The summed E-state index contributed by atoms with van der Waals surface area (Å²) in [4.78, 5) is 11.0. The molecule has 0 saturated carbocycles. The molecule has 0 aromatic rings. The summed E-state index contributed by atoms with van der Waals surface area (Å²) in [5.41, 5.74) is 5.37. The molecular weight excluding hydrogens is 206 g/mol. The van der Waals surface area contributed by atoms with E-state index in [4.69, 9.17) is 19.9 Å². The van der Waals surface area contributed by atoms with Crippen molar-refractivity contribution in [1.29, 1.82) is 0 Å². The van der Waals surface area contributed by atoms with Crippen molar-refractivity contribution in [2.45, 2.75) is 6.04 Å². The first-order valence-electron chi connectivity index (χ1n) is 4.32. The SMILES string of the molecule is COCCOCCOC(=O)[C@@H](N)CS. The quantitative estimate of drug-likeness (QED) is 0.328. The zero-order valence-corrected chi connectivity index (χ0v) is 9.16. The average molecular weight is 223 g/mol. The second-order valence-electron chi connectivity index (χ2n) is 2.56. The van der Waals surface area contributed by atoms with Gasteiger partial charge in [0.1, 0.15) is 12.6 Å². The minimum atomic E-state index is -0.655. The van der Waals surface area contributed by atoms with Crippen molar-refractivity contribution in [3.05, 3.63) is 0 Å². The Bertz CT molecular complexity index is 156. The van der Waals surface area contributed by atoms with Gasteiger partial charge in [-0.3, -0.25) is 4.79 Å². The highest BCUT2D eigenvalue weighted by Crippen LogP contribution is 1.89. The molecule has 0 fully saturated rings. The molecule has 84 valence electrons. The van der Waals surface area contributed by atoms with Gasteiger partial charge in [-0.1, -0.05) is 0 Å². The van der Waals surface area contributed by atoms with E-state index in [0.717, 1.165) is 0 Å². The molecule has 0 aromatic heterocycles. The van der Waals surface area contributed by atoms with Gasteiger partial charge in [0.05, 0.1) is 19.8 Å². The topological polar surface area (TPSA) is 70.8 Å². The first-order valence-corrected chi connectivity index (χ1v) is 4.95. The zero-order valence-electron chi connectivity index (χ0n) is 8.27. The number of rotatable bonds is 8. The minimum absolute atomic E-state index is 0.212. The summed E-state index contributed by atoms with van der Waals surface area (Å²) >= 11 is 3.87. The number of hydrogen-bond acceptors (Lipinski definition) is 6. The number of esters is 1. The number of thiol groups is 1. The van der Waals surface area contributed by atoms with Crippen LogP contribution in [0.3, 0.4) is 0 Å². The van der Waals surface area contributed by atoms with Gasteiger partial charge in [0.15, 0.2) is 0 Å². The van der Waals surface area contributed by atoms with E-state index < -0.39 is 12.0 Å². The molecule has 2 N–H and O–H groups in total. The van der Waals surface area contributed by atoms with E-state index >= 15 is 0 Å². The Morgan fingerprint density at radius 3 is 2.57 bits per heavy atom. The van der Waals surface area contributed by atoms with Crippen LogP contribution in [0, 0.1) is 0 Å². The molecule has 0 bridgehead atoms. The molecule has 0 spiro atoms. The molecule has 0 aromatic carbocycles. The highest BCUT2D eigenvalue weighted by Gasteiger charge is 2.11. The fourth-order valence-corrected chi connectivity index (χ4v) is 0.776. The number of hydrogen-bond donors (Lipinski definition) is 2. The van der Waals surface area contributed by atoms with E-state index in [9.17, 15) is 4.79 Å². The van der Waals surface area contributed by atoms with E-state index in [1.807, 2.05) is 0 Å². The Hall–Kier alpha value is -0.300. The maximum atomic E-state index is 11.0. The van der Waals surface area contributed by atoms with E-state index in [0.29, 0.717) is 19.8 Å². The van der Waals surface area contributed by atoms with Crippen molar-refractivity contribution in [2.75, 3.05) is 39.3 Å². The lowest BCUT2D eigenvalue weighted by molar-refractivity contribution is -0.146. The Morgan fingerprint density at radius 1 is 1.36 bits per heavy atom. The Morgan fingerprint density at radius 2 is 2.00 bits per heavy atom. The lowest BCUT2D eigenvalue weighted by atomic mass is 10.4. The number of nitrogens with two attached hydrogens (primary N) is 1. The highest BCUT2D eigenvalue weighted by molar-refractivity contribution is 7.80. The van der Waals surface area contributed by atoms with Crippen molar-refractivity contribution in [1.82, 2.24) is 0 Å². The molecule has 0 unspecified atom stereocenters. The number of carbonyl (C=O) groups is 1. The van der Waals surface area contributed by atoms with Gasteiger partial charge in [0.2, 0.25) is 0 Å². The van der Waals surface area contributed by atoms with E-state index in [2.05, 4.69) is 12.6 Å². The second-order valence-corrected chi connectivity index (χ2v) is 2.93. The highest BCUT2D eigenvalue weighted by atomic mass is 32.1. The van der Waals surface area contributed by atoms with Gasteiger partial charge in [-0.2, -0.15) is 12.6 Å². The van der Waals surface area contributed by atoms with Gasteiger partial charge in [0, 0.05) is 12.9 Å². The average Bonchev–Trinajstić information content (AvgIpc) is 2.21. The molecular formula is C8H17NO4S. The van der Waals surface area contributed by atoms with Gasteiger partial charge < -0.3 is 19.9 Å². The fraction of sp³-hybridized carbons (Fsp3) is 0.875. The largest absolute Gasteiger partial charge is 0.462 e. The van der Waals surface area contributed by atoms with Crippen LogP contribution in [0.4, 0.5) is 0 Å². The van der Waals surface area contributed by atoms with Gasteiger partial charge in [-0.25, -0.2) is 0 Å². The lowest BCUT2D eigenvalue weighted by Gasteiger charge is -2.08. The van der Waals surface area contributed by atoms with Crippen LogP contribution in [0.25, 0.3) is 0 Å². The van der Waals surface area contributed by atoms with Gasteiger partial charge in [0.25, 0.3) is 0 Å². The molecule has 5 nitrogen and oxygen atoms in total. The van der Waals surface area contributed by atoms with Crippen LogP contribution in [0.5, 0.6) is 0 Å². The predicted octanol–water partition coefficient (Wildman–Crippen LogP) is -0.550. The smallest absolute Gasteiger partial charge is 0.323 e. The van der Waals surface area contributed by atoms with Crippen molar-refractivity contribution >= 4 is 18.6 Å². The first kappa shape index (κ1) is 13.7. The molecule has 0 aliphatic heterocycles. The summed E-state index contributed by atoms with van der Waals surface area (Å²) in [5, 5.41) is 0. The molecule has 0 amide bonds. The third-order valence-electron chi connectivity index (χ3n) is 1.40. The van der Waals surface area contributed by atoms with E-state index in [1.165, 1.54) is 0 Å². The van der Waals surface area contributed by atoms with E-state index in [-0.39, 0.29) is 12.4 Å². The number of ether oxygens (including phenoxy) is 3. The third-order valence-corrected chi connectivity index (χ3v) is 1.80. The van der Waals surface area contributed by atoms with E-state index in [1.54, 1.807) is 7.11 Å². The number of methoxy groups -OCH3 is 1. The fourth-order valence-electron chi connectivity index (χ4n) is 0.627. The molecule has 0 saturated heterocycles. The van der Waals surface area contributed by atoms with Crippen LogP contribution in [0.1, 0.15) is 0 Å². The monoisotopic (exact) mass is 223 g/mol. The maximum Gasteiger partial charge on any atom is 0.323 e. The molecule has 0 aliphatic rings. The van der Waals surface area contributed by atoms with Crippen LogP contribution in [0.2, 0.25) is 0 Å². The summed E-state index contributed by atoms with van der Waals surface area (Å²) in [6.07, 6.45) is 0. The summed E-state index contributed by atoms with van der Waals surface area (Å²) in [7, 11) is 1.59.